The smallest absolute Gasteiger partial charge is 0.179 e. The van der Waals surface area contributed by atoms with Crippen molar-refractivity contribution in [2.24, 2.45) is 11.1 Å². The molecule has 1 saturated heterocycles. The molecule has 0 bridgehead atoms. The molecule has 0 aliphatic carbocycles. The van der Waals surface area contributed by atoms with Gasteiger partial charge in [0.05, 0.1) is 10.6 Å². The molecule has 0 aromatic heterocycles. The Bertz CT molecular complexity index is 632. The molecule has 2 rings (SSSR count). The number of nitrogens with zero attached hydrogens (tertiary/aromatic N) is 1. The monoisotopic (exact) mass is 338 g/mol. The van der Waals surface area contributed by atoms with Crippen LogP contribution in [0.3, 0.4) is 0 Å². The Kier molecular flexibility index (Phi) is 5.24. The summed E-state index contributed by atoms with van der Waals surface area (Å²) in [5, 5.41) is 0. The quantitative estimate of drug-likeness (QED) is 0.895. The highest BCUT2D eigenvalue weighted by Crippen LogP contribution is 2.28. The second kappa shape index (κ2) is 6.54. The van der Waals surface area contributed by atoms with E-state index in [9.17, 15) is 8.42 Å². The molecule has 1 aliphatic heterocycles. The Hall–Kier alpha value is -0.910. The van der Waals surface area contributed by atoms with E-state index >= 15 is 0 Å². The van der Waals surface area contributed by atoms with Crippen LogP contribution in [0.1, 0.15) is 39.7 Å². The zero-order chi connectivity index (χ0) is 17.3. The average molecular weight is 339 g/mol. The summed E-state index contributed by atoms with van der Waals surface area (Å²) in [5.74, 6) is 0.169. The fourth-order valence-corrected chi connectivity index (χ4v) is 4.30. The van der Waals surface area contributed by atoms with Crippen molar-refractivity contribution in [1.29, 1.82) is 0 Å². The van der Waals surface area contributed by atoms with Crippen LogP contribution in [-0.4, -0.2) is 45.2 Å². The Morgan fingerprint density at radius 1 is 1.22 bits per heavy atom. The van der Waals surface area contributed by atoms with E-state index in [-0.39, 0.29) is 16.6 Å². The molecule has 0 spiro atoms. The molecule has 1 fully saturated rings. The van der Waals surface area contributed by atoms with E-state index in [1.165, 1.54) is 0 Å². The zero-order valence-electron chi connectivity index (χ0n) is 14.8. The fourth-order valence-electron chi connectivity index (χ4n) is 3.01. The summed E-state index contributed by atoms with van der Waals surface area (Å²) in [6, 6.07) is 7.33. The third kappa shape index (κ3) is 4.55. The van der Waals surface area contributed by atoms with Gasteiger partial charge in [0.1, 0.15) is 0 Å². The van der Waals surface area contributed by atoms with Gasteiger partial charge in [-0.25, -0.2) is 8.42 Å². The van der Waals surface area contributed by atoms with Gasteiger partial charge >= 0.3 is 0 Å². The molecule has 23 heavy (non-hydrogen) atoms. The van der Waals surface area contributed by atoms with Gasteiger partial charge in [-0.15, -0.1) is 0 Å². The Morgan fingerprint density at radius 2 is 1.83 bits per heavy atom. The molecule has 1 heterocycles. The van der Waals surface area contributed by atoms with Crippen LogP contribution < -0.4 is 5.73 Å². The maximum atomic E-state index is 12.5. The summed E-state index contributed by atoms with van der Waals surface area (Å²) in [6.45, 7) is 11.6. The SMILES string of the molecule is CC1(CN)CCN(CCS(=O)(=O)c2ccc(C(C)(C)C)cc2)C1. The lowest BCUT2D eigenvalue weighted by molar-refractivity contribution is 0.291. The molecule has 5 heteroatoms. The number of hydrogen-bond donors (Lipinski definition) is 1. The Balaban J connectivity index is 2.00. The minimum Gasteiger partial charge on any atom is -0.330 e. The molecule has 1 unspecified atom stereocenters. The number of benzene rings is 1. The second-order valence-electron chi connectivity index (χ2n) is 8.13. The van der Waals surface area contributed by atoms with Crippen LogP contribution in [0.4, 0.5) is 0 Å². The third-order valence-electron chi connectivity index (χ3n) is 4.89. The molecule has 1 aliphatic rings. The van der Waals surface area contributed by atoms with Gasteiger partial charge in [0.15, 0.2) is 9.84 Å². The lowest BCUT2D eigenvalue weighted by Gasteiger charge is -2.22. The van der Waals surface area contributed by atoms with E-state index in [4.69, 9.17) is 5.73 Å². The molecule has 1 aromatic carbocycles. The number of sulfone groups is 1. The summed E-state index contributed by atoms with van der Waals surface area (Å²) in [6.07, 6.45) is 1.05. The highest BCUT2D eigenvalue weighted by Gasteiger charge is 2.32. The lowest BCUT2D eigenvalue weighted by Crippen LogP contribution is -2.33. The van der Waals surface area contributed by atoms with Crippen LogP contribution in [0.15, 0.2) is 29.2 Å². The van der Waals surface area contributed by atoms with E-state index in [0.29, 0.717) is 18.0 Å². The fraction of sp³-hybridized carbons (Fsp3) is 0.667. The van der Waals surface area contributed by atoms with Crippen LogP contribution >= 0.6 is 0 Å². The predicted molar refractivity (Wildman–Crippen MR) is 95.4 cm³/mol. The van der Waals surface area contributed by atoms with Gasteiger partial charge in [0.25, 0.3) is 0 Å². The summed E-state index contributed by atoms with van der Waals surface area (Å²) in [5.41, 5.74) is 7.12. The number of hydrogen-bond acceptors (Lipinski definition) is 4. The van der Waals surface area contributed by atoms with Crippen LogP contribution in [-0.2, 0) is 15.3 Å². The van der Waals surface area contributed by atoms with Crippen molar-refractivity contribution in [2.75, 3.05) is 31.9 Å². The normalized spacial score (nSPS) is 23.3. The Morgan fingerprint density at radius 3 is 2.30 bits per heavy atom. The van der Waals surface area contributed by atoms with Crippen LogP contribution in [0.5, 0.6) is 0 Å². The van der Waals surface area contributed by atoms with Crippen molar-refractivity contribution in [3.05, 3.63) is 29.8 Å². The summed E-state index contributed by atoms with van der Waals surface area (Å²) < 4.78 is 25.1. The molecule has 1 aromatic rings. The van der Waals surface area contributed by atoms with Gasteiger partial charge in [-0.1, -0.05) is 39.8 Å². The largest absolute Gasteiger partial charge is 0.330 e. The van der Waals surface area contributed by atoms with Crippen molar-refractivity contribution >= 4 is 9.84 Å². The van der Waals surface area contributed by atoms with E-state index in [1.54, 1.807) is 12.1 Å². The van der Waals surface area contributed by atoms with E-state index < -0.39 is 9.84 Å². The molecular weight excluding hydrogens is 308 g/mol. The summed E-state index contributed by atoms with van der Waals surface area (Å²) >= 11 is 0. The highest BCUT2D eigenvalue weighted by atomic mass is 32.2. The maximum Gasteiger partial charge on any atom is 0.179 e. The molecular formula is C18H30N2O2S. The van der Waals surface area contributed by atoms with Crippen molar-refractivity contribution in [3.8, 4) is 0 Å². The van der Waals surface area contributed by atoms with E-state index in [2.05, 4.69) is 32.6 Å². The van der Waals surface area contributed by atoms with Gasteiger partial charge < -0.3 is 10.6 Å². The Labute approximate surface area is 141 Å². The molecule has 0 saturated carbocycles. The first-order chi connectivity index (χ1) is 10.6. The lowest BCUT2D eigenvalue weighted by atomic mass is 9.87. The molecule has 130 valence electrons. The first-order valence-corrected chi connectivity index (χ1v) is 9.97. The molecule has 0 radical (unpaired) electrons. The second-order valence-corrected chi connectivity index (χ2v) is 10.2. The molecule has 0 amide bonds. The summed E-state index contributed by atoms with van der Waals surface area (Å²) in [7, 11) is -3.23. The van der Waals surface area contributed by atoms with E-state index in [0.717, 1.165) is 25.1 Å². The van der Waals surface area contributed by atoms with Gasteiger partial charge in [-0.2, -0.15) is 0 Å². The maximum absolute atomic E-state index is 12.5. The van der Waals surface area contributed by atoms with Gasteiger partial charge in [-0.3, -0.25) is 0 Å². The first-order valence-electron chi connectivity index (χ1n) is 8.32. The molecule has 1 atom stereocenters. The highest BCUT2D eigenvalue weighted by molar-refractivity contribution is 7.91. The zero-order valence-corrected chi connectivity index (χ0v) is 15.6. The van der Waals surface area contributed by atoms with Gasteiger partial charge in [-0.05, 0) is 48.0 Å². The minimum absolute atomic E-state index is 0.0323. The first kappa shape index (κ1) is 18.4. The summed E-state index contributed by atoms with van der Waals surface area (Å²) in [4.78, 5) is 2.64. The number of nitrogens with two attached hydrogens (primary N) is 1. The predicted octanol–water partition coefficient (Wildman–Crippen LogP) is 2.43. The van der Waals surface area contributed by atoms with Crippen LogP contribution in [0.25, 0.3) is 0 Å². The van der Waals surface area contributed by atoms with Crippen LogP contribution in [0, 0.1) is 5.41 Å². The van der Waals surface area contributed by atoms with Crippen molar-refractivity contribution in [2.45, 2.75) is 44.4 Å². The van der Waals surface area contributed by atoms with Gasteiger partial charge in [0, 0.05) is 13.1 Å². The van der Waals surface area contributed by atoms with Crippen molar-refractivity contribution in [3.63, 3.8) is 0 Å². The van der Waals surface area contributed by atoms with Crippen molar-refractivity contribution in [1.82, 2.24) is 4.90 Å². The standard InChI is InChI=1S/C18H30N2O2S/c1-17(2,3)15-5-7-16(8-6-15)23(21,22)12-11-20-10-9-18(4,13-19)14-20/h5-8H,9-14,19H2,1-4H3. The molecule has 4 nitrogen and oxygen atoms in total. The third-order valence-corrected chi connectivity index (χ3v) is 6.60. The minimum atomic E-state index is -3.23. The number of likely N-dealkylation sites (tertiary alicyclic amines) is 1. The average Bonchev–Trinajstić information content (AvgIpc) is 2.87. The van der Waals surface area contributed by atoms with Crippen LogP contribution in [0.2, 0.25) is 0 Å². The van der Waals surface area contributed by atoms with Gasteiger partial charge in [0.2, 0.25) is 0 Å². The van der Waals surface area contributed by atoms with Crippen molar-refractivity contribution < 1.29 is 8.42 Å². The topological polar surface area (TPSA) is 63.4 Å². The molecule has 2 N–H and O–H groups in total. The number of rotatable bonds is 5. The van der Waals surface area contributed by atoms with E-state index in [1.807, 2.05) is 12.1 Å².